The molecule has 116 valence electrons. The Balaban J connectivity index is 1.97. The zero-order chi connectivity index (χ0) is 16.2. The number of amides is 1. The van der Waals surface area contributed by atoms with Crippen molar-refractivity contribution in [3.8, 4) is 0 Å². The van der Waals surface area contributed by atoms with Gasteiger partial charge in [0, 0.05) is 17.8 Å². The van der Waals surface area contributed by atoms with Gasteiger partial charge >= 0.3 is 6.18 Å². The van der Waals surface area contributed by atoms with Crippen molar-refractivity contribution in [2.24, 2.45) is 0 Å². The van der Waals surface area contributed by atoms with Gasteiger partial charge in [-0.05, 0) is 36.0 Å². The van der Waals surface area contributed by atoms with Crippen molar-refractivity contribution < 1.29 is 22.7 Å². The number of benzene rings is 1. The highest BCUT2D eigenvalue weighted by Crippen LogP contribution is 2.30. The Morgan fingerprint density at radius 1 is 1.23 bits per heavy atom. The first-order chi connectivity index (χ1) is 10.4. The van der Waals surface area contributed by atoms with Gasteiger partial charge in [0.05, 0.1) is 11.3 Å². The molecule has 1 N–H and O–H groups in total. The van der Waals surface area contributed by atoms with Gasteiger partial charge in [-0.1, -0.05) is 6.07 Å². The molecule has 1 heterocycles. The molecule has 22 heavy (non-hydrogen) atoms. The maximum absolute atomic E-state index is 12.6. The first-order valence-corrected chi connectivity index (χ1v) is 7.13. The molecule has 0 radical (unpaired) electrons. The van der Waals surface area contributed by atoms with Crippen LogP contribution in [0.15, 0.2) is 53.7 Å². The molecule has 0 aliphatic heterocycles. The van der Waals surface area contributed by atoms with Crippen molar-refractivity contribution in [3.63, 3.8) is 0 Å². The maximum atomic E-state index is 12.6. The van der Waals surface area contributed by atoms with Crippen molar-refractivity contribution in [1.29, 1.82) is 0 Å². The number of hydrogen-bond acceptors (Lipinski definition) is 3. The minimum atomic E-state index is -4.46. The molecular formula is C14H11F3N2O2S. The standard InChI is InChI=1S/C14H11F3N2O2S/c15-14(16,17)10-4-3-5-11(8-10)18-12(20)9-22-13-6-1-2-7-19(13)21/h1-8H,9H2,(H,18,20). The summed E-state index contributed by atoms with van der Waals surface area (Å²) in [4.78, 5) is 11.7. The van der Waals surface area contributed by atoms with Crippen LogP contribution in [0, 0.1) is 5.21 Å². The lowest BCUT2D eigenvalue weighted by Crippen LogP contribution is -2.28. The molecule has 0 spiro atoms. The Bertz CT molecular complexity index is 677. The zero-order valence-corrected chi connectivity index (χ0v) is 11.9. The molecule has 2 rings (SSSR count). The van der Waals surface area contributed by atoms with Gasteiger partial charge in [0.2, 0.25) is 5.91 Å². The van der Waals surface area contributed by atoms with E-state index in [-0.39, 0.29) is 11.4 Å². The van der Waals surface area contributed by atoms with Crippen LogP contribution in [0.3, 0.4) is 0 Å². The van der Waals surface area contributed by atoms with Crippen LogP contribution in [-0.4, -0.2) is 11.7 Å². The topological polar surface area (TPSA) is 56.0 Å². The third-order valence-corrected chi connectivity index (χ3v) is 3.63. The van der Waals surface area contributed by atoms with E-state index in [9.17, 15) is 23.2 Å². The minimum Gasteiger partial charge on any atom is -0.618 e. The average Bonchev–Trinajstić information content (AvgIpc) is 2.46. The van der Waals surface area contributed by atoms with E-state index in [1.54, 1.807) is 18.2 Å². The summed E-state index contributed by atoms with van der Waals surface area (Å²) in [6.45, 7) is 0. The quantitative estimate of drug-likeness (QED) is 0.533. The Kier molecular flexibility index (Phi) is 4.92. The summed E-state index contributed by atoms with van der Waals surface area (Å²) >= 11 is 1.00. The summed E-state index contributed by atoms with van der Waals surface area (Å²) in [6, 6.07) is 9.13. The van der Waals surface area contributed by atoms with E-state index in [1.165, 1.54) is 18.3 Å². The lowest BCUT2D eigenvalue weighted by Gasteiger charge is -2.09. The van der Waals surface area contributed by atoms with Crippen LogP contribution in [0.25, 0.3) is 0 Å². The lowest BCUT2D eigenvalue weighted by atomic mass is 10.2. The number of alkyl halides is 3. The number of halogens is 3. The lowest BCUT2D eigenvalue weighted by molar-refractivity contribution is -0.645. The number of thioether (sulfide) groups is 1. The molecule has 0 unspecified atom stereocenters. The number of carbonyl (C=O) groups excluding carboxylic acids is 1. The molecule has 0 fully saturated rings. The molecule has 0 atom stereocenters. The van der Waals surface area contributed by atoms with E-state index in [2.05, 4.69) is 5.32 Å². The SMILES string of the molecule is O=C(CSc1cccc[n+]1[O-])Nc1cccc(C(F)(F)F)c1. The average molecular weight is 328 g/mol. The van der Waals surface area contributed by atoms with Gasteiger partial charge in [-0.15, -0.1) is 0 Å². The molecule has 1 aromatic carbocycles. The predicted molar refractivity (Wildman–Crippen MR) is 76.2 cm³/mol. The van der Waals surface area contributed by atoms with Gasteiger partial charge in [0.15, 0.2) is 6.20 Å². The Labute approximate surface area is 128 Å². The smallest absolute Gasteiger partial charge is 0.416 e. The Morgan fingerprint density at radius 3 is 2.68 bits per heavy atom. The van der Waals surface area contributed by atoms with E-state index < -0.39 is 17.6 Å². The van der Waals surface area contributed by atoms with Crippen molar-refractivity contribution in [1.82, 2.24) is 0 Å². The van der Waals surface area contributed by atoms with Gasteiger partial charge in [0.1, 0.15) is 0 Å². The molecule has 8 heteroatoms. The van der Waals surface area contributed by atoms with Gasteiger partial charge in [-0.3, -0.25) is 4.79 Å². The van der Waals surface area contributed by atoms with Crippen LogP contribution in [0.5, 0.6) is 0 Å². The molecule has 2 aromatic rings. The summed E-state index contributed by atoms with van der Waals surface area (Å²) in [7, 11) is 0. The Morgan fingerprint density at radius 2 is 2.00 bits per heavy atom. The second kappa shape index (κ2) is 6.69. The zero-order valence-electron chi connectivity index (χ0n) is 11.1. The normalized spacial score (nSPS) is 11.2. The highest BCUT2D eigenvalue weighted by atomic mass is 32.2. The largest absolute Gasteiger partial charge is 0.618 e. The van der Waals surface area contributed by atoms with Gasteiger partial charge < -0.3 is 10.5 Å². The first-order valence-electron chi connectivity index (χ1n) is 6.14. The Hall–Kier alpha value is -2.22. The molecule has 0 saturated heterocycles. The number of aromatic nitrogens is 1. The third kappa shape index (κ3) is 4.39. The third-order valence-electron chi connectivity index (χ3n) is 2.61. The van der Waals surface area contributed by atoms with Crippen LogP contribution in [0.1, 0.15) is 5.56 Å². The highest BCUT2D eigenvalue weighted by molar-refractivity contribution is 7.99. The van der Waals surface area contributed by atoms with Crippen LogP contribution in [0.2, 0.25) is 0 Å². The van der Waals surface area contributed by atoms with Gasteiger partial charge in [-0.2, -0.15) is 17.9 Å². The van der Waals surface area contributed by atoms with Crippen LogP contribution >= 0.6 is 11.8 Å². The van der Waals surface area contributed by atoms with Gasteiger partial charge in [-0.25, -0.2) is 0 Å². The number of nitrogens with one attached hydrogen (secondary N) is 1. The van der Waals surface area contributed by atoms with E-state index in [0.29, 0.717) is 9.76 Å². The molecule has 1 aromatic heterocycles. The highest BCUT2D eigenvalue weighted by Gasteiger charge is 2.30. The number of carbonyl (C=O) groups is 1. The maximum Gasteiger partial charge on any atom is 0.416 e. The molecule has 4 nitrogen and oxygen atoms in total. The van der Waals surface area contributed by atoms with E-state index in [1.807, 2.05) is 0 Å². The summed E-state index contributed by atoms with van der Waals surface area (Å²) < 4.78 is 38.3. The minimum absolute atomic E-state index is 0.0588. The van der Waals surface area contributed by atoms with Crippen LogP contribution in [0.4, 0.5) is 18.9 Å². The fraction of sp³-hybridized carbons (Fsp3) is 0.143. The summed E-state index contributed by atoms with van der Waals surface area (Å²) in [6.07, 6.45) is -3.17. The molecule has 0 saturated carbocycles. The second-order valence-electron chi connectivity index (χ2n) is 4.28. The van der Waals surface area contributed by atoms with Crippen molar-refractivity contribution in [2.75, 3.05) is 11.1 Å². The van der Waals surface area contributed by atoms with Crippen molar-refractivity contribution in [2.45, 2.75) is 11.2 Å². The van der Waals surface area contributed by atoms with Crippen molar-refractivity contribution >= 4 is 23.4 Å². The molecule has 0 bridgehead atoms. The number of rotatable bonds is 4. The summed E-state index contributed by atoms with van der Waals surface area (Å²) in [5.41, 5.74) is -0.776. The molecule has 1 amide bonds. The number of nitrogens with zero attached hydrogens (tertiary/aromatic N) is 1. The van der Waals surface area contributed by atoms with Gasteiger partial charge in [0.25, 0.3) is 5.03 Å². The number of anilines is 1. The predicted octanol–water partition coefficient (Wildman–Crippen LogP) is 3.07. The molecule has 0 aliphatic carbocycles. The molecule has 0 aliphatic rings. The fourth-order valence-corrected chi connectivity index (χ4v) is 2.35. The van der Waals surface area contributed by atoms with Crippen LogP contribution < -0.4 is 10.0 Å². The fourth-order valence-electron chi connectivity index (χ4n) is 1.63. The number of hydrogen-bond donors (Lipinski definition) is 1. The van der Waals surface area contributed by atoms with Crippen molar-refractivity contribution in [3.05, 3.63) is 59.4 Å². The first kappa shape index (κ1) is 16.2. The number of pyridine rings is 1. The van der Waals surface area contributed by atoms with E-state index in [4.69, 9.17) is 0 Å². The van der Waals surface area contributed by atoms with E-state index >= 15 is 0 Å². The van der Waals surface area contributed by atoms with Crippen LogP contribution in [-0.2, 0) is 11.0 Å². The monoisotopic (exact) mass is 328 g/mol. The molecular weight excluding hydrogens is 317 g/mol. The summed E-state index contributed by atoms with van der Waals surface area (Å²) in [5, 5.41) is 14.1. The second-order valence-corrected chi connectivity index (χ2v) is 5.28. The summed E-state index contributed by atoms with van der Waals surface area (Å²) in [5.74, 6) is -0.573. The van der Waals surface area contributed by atoms with E-state index in [0.717, 1.165) is 23.9 Å².